The van der Waals surface area contributed by atoms with Crippen LogP contribution in [0.15, 0.2) is 23.1 Å². The Hall–Kier alpha value is -1.87. The van der Waals surface area contributed by atoms with Gasteiger partial charge < -0.3 is 4.74 Å². The summed E-state index contributed by atoms with van der Waals surface area (Å²) in [6.07, 6.45) is 26.0. The van der Waals surface area contributed by atoms with E-state index in [0.717, 1.165) is 60.0 Å². The van der Waals surface area contributed by atoms with Crippen LogP contribution in [-0.4, -0.2) is 43.0 Å². The molecule has 9 heteroatoms. The molecule has 5 fully saturated rings. The third-order valence-corrected chi connectivity index (χ3v) is 15.8. The first-order valence-corrected chi connectivity index (χ1v) is 20.9. The molecule has 5 aliphatic rings. The van der Waals surface area contributed by atoms with Gasteiger partial charge in [0.15, 0.2) is 5.65 Å². The van der Waals surface area contributed by atoms with E-state index in [1.165, 1.54) is 82.0 Å². The molecule has 8 rings (SSSR count). The molecule has 0 N–H and O–H groups in total. The van der Waals surface area contributed by atoms with E-state index < -0.39 is 5.92 Å². The second-order valence-electron chi connectivity index (χ2n) is 17.7. The maximum absolute atomic E-state index is 14.4. The Morgan fingerprint density at radius 3 is 2.46 bits per heavy atom. The largest absolute Gasteiger partial charge is 0.378 e. The Morgan fingerprint density at radius 2 is 1.66 bits per heavy atom. The van der Waals surface area contributed by atoms with Gasteiger partial charge in [-0.05, 0) is 127 Å². The van der Waals surface area contributed by atoms with Crippen LogP contribution in [0.2, 0.25) is 0 Å². The topological polar surface area (TPSA) is 57.2 Å². The van der Waals surface area contributed by atoms with Crippen molar-refractivity contribution >= 4 is 21.6 Å². The number of halogens is 3. The fraction of sp³-hybridized carbons (Fsp3) is 0.780. The van der Waals surface area contributed by atoms with Crippen LogP contribution in [0.4, 0.5) is 8.78 Å². The van der Waals surface area contributed by atoms with Crippen LogP contribution in [0, 0.1) is 34.5 Å². The van der Waals surface area contributed by atoms with Gasteiger partial charge in [-0.15, -0.1) is 0 Å². The van der Waals surface area contributed by atoms with Crippen molar-refractivity contribution in [1.82, 2.24) is 24.4 Å². The van der Waals surface area contributed by atoms with Crippen molar-refractivity contribution in [2.24, 2.45) is 41.5 Å². The van der Waals surface area contributed by atoms with Crippen molar-refractivity contribution in [3.05, 3.63) is 34.5 Å². The first-order chi connectivity index (χ1) is 24.1. The number of aromatic nitrogens is 5. The van der Waals surface area contributed by atoms with E-state index in [1.54, 1.807) is 0 Å². The number of alkyl halides is 2. The molecule has 0 aromatic carbocycles. The second-order valence-corrected chi connectivity index (χ2v) is 18.4. The molecule has 5 saturated carbocycles. The van der Waals surface area contributed by atoms with Gasteiger partial charge in [-0.3, -0.25) is 4.68 Å². The van der Waals surface area contributed by atoms with Crippen molar-refractivity contribution in [2.75, 3.05) is 6.61 Å². The summed E-state index contributed by atoms with van der Waals surface area (Å²) in [5.41, 5.74) is 5.88. The van der Waals surface area contributed by atoms with Crippen LogP contribution in [-0.2, 0) is 18.2 Å². The van der Waals surface area contributed by atoms with Crippen LogP contribution in [0.1, 0.15) is 147 Å². The number of unbranched alkanes of at least 4 members (excludes halogenated alkanes) is 3. The van der Waals surface area contributed by atoms with Crippen LogP contribution in [0.25, 0.3) is 16.8 Å². The molecule has 0 unspecified atom stereocenters. The van der Waals surface area contributed by atoms with E-state index in [1.807, 2.05) is 30.3 Å². The normalized spacial score (nSPS) is 34.1. The van der Waals surface area contributed by atoms with Gasteiger partial charge in [-0.2, -0.15) is 10.2 Å². The molecule has 50 heavy (non-hydrogen) atoms. The van der Waals surface area contributed by atoms with Crippen LogP contribution in [0.3, 0.4) is 0 Å². The lowest BCUT2D eigenvalue weighted by Gasteiger charge is -2.61. The summed E-state index contributed by atoms with van der Waals surface area (Å²) in [4.78, 5) is 5.27. The number of fused-ring (bicyclic) bond motifs is 6. The lowest BCUT2D eigenvalue weighted by molar-refractivity contribution is -0.169. The summed E-state index contributed by atoms with van der Waals surface area (Å²) in [6.45, 7) is 5.74. The SMILES string of the molecule is Cn1cc(-c2cnn3c(CCCCCCO[C@H]4CC[C@H]5[C@@H]6CC[C@H]7CC(F)(F)CC[C@]7(C)[C@H]6CC[C@]45C)c(Br)c(C4CCCCC4)nc23)cn1. The number of nitrogens with zero attached hydrogens (tertiary/aromatic N) is 5. The molecule has 3 aromatic rings. The van der Waals surface area contributed by atoms with Crippen molar-refractivity contribution in [1.29, 1.82) is 0 Å². The molecular weight excluding hydrogens is 696 g/mol. The zero-order valence-corrected chi connectivity index (χ0v) is 32.2. The molecule has 3 aromatic heterocycles. The van der Waals surface area contributed by atoms with Gasteiger partial charge in [0.25, 0.3) is 0 Å². The molecule has 0 bridgehead atoms. The van der Waals surface area contributed by atoms with E-state index in [0.29, 0.717) is 36.2 Å². The standard InChI is InChI=1S/C41H58BrF2N5O/c1-39-20-21-41(43,44)23-29(39)14-15-30-32-16-17-35(40(32,2)19-18-33(30)39)50-22-10-5-4-9-13-34-36(42)37(27-11-7-6-8-12-27)47-38-31(25-46-49(34)38)28-24-45-48(3)26-28/h24-27,29-30,32-33,35H,4-23H2,1-3H3/t29-,30-,32-,33-,35-,39-,40-/m0/s1. The highest BCUT2D eigenvalue weighted by Gasteiger charge is 2.62. The maximum atomic E-state index is 14.4. The van der Waals surface area contributed by atoms with Gasteiger partial charge in [0.2, 0.25) is 5.92 Å². The molecule has 0 aliphatic heterocycles. The fourth-order valence-corrected chi connectivity index (χ4v) is 12.8. The summed E-state index contributed by atoms with van der Waals surface area (Å²) in [7, 11) is 1.95. The Balaban J connectivity index is 0.860. The molecule has 0 saturated heterocycles. The van der Waals surface area contributed by atoms with E-state index in [9.17, 15) is 8.78 Å². The Morgan fingerprint density at radius 1 is 0.860 bits per heavy atom. The molecule has 7 atom stereocenters. The van der Waals surface area contributed by atoms with E-state index >= 15 is 0 Å². The van der Waals surface area contributed by atoms with E-state index in [-0.39, 0.29) is 29.6 Å². The van der Waals surface area contributed by atoms with E-state index in [2.05, 4.69) is 39.4 Å². The number of rotatable bonds is 10. The molecule has 5 aliphatic carbocycles. The third kappa shape index (κ3) is 6.30. The van der Waals surface area contributed by atoms with Gasteiger partial charge >= 0.3 is 0 Å². The minimum absolute atomic E-state index is 0.0961. The summed E-state index contributed by atoms with van der Waals surface area (Å²) in [5.74, 6) is 0.278. The second kappa shape index (κ2) is 13.8. The van der Waals surface area contributed by atoms with Gasteiger partial charge in [0.1, 0.15) is 0 Å². The van der Waals surface area contributed by atoms with Crippen molar-refractivity contribution in [2.45, 2.75) is 154 Å². The zero-order valence-electron chi connectivity index (χ0n) is 30.6. The average Bonchev–Trinajstić information content (AvgIpc) is 3.82. The third-order valence-electron chi connectivity index (χ3n) is 14.9. The minimum atomic E-state index is -2.45. The quantitative estimate of drug-likeness (QED) is 0.193. The minimum Gasteiger partial charge on any atom is -0.378 e. The number of aryl methyl sites for hydroxylation is 2. The highest BCUT2D eigenvalue weighted by Crippen LogP contribution is 2.67. The predicted molar refractivity (Wildman–Crippen MR) is 197 cm³/mol. The molecule has 0 spiro atoms. The lowest BCUT2D eigenvalue weighted by Crippen LogP contribution is -2.55. The van der Waals surface area contributed by atoms with Crippen LogP contribution >= 0.6 is 15.9 Å². The molecular formula is C41H58BrF2N5O. The summed E-state index contributed by atoms with van der Waals surface area (Å²) < 4.78 is 40.6. The van der Waals surface area contributed by atoms with Gasteiger partial charge in [0, 0.05) is 49.7 Å². The Labute approximate surface area is 306 Å². The van der Waals surface area contributed by atoms with Crippen LogP contribution in [0.5, 0.6) is 0 Å². The smallest absolute Gasteiger partial charge is 0.248 e. The van der Waals surface area contributed by atoms with Crippen LogP contribution < -0.4 is 0 Å². The number of ether oxygens (including phenoxy) is 1. The fourth-order valence-electron chi connectivity index (χ4n) is 12.1. The van der Waals surface area contributed by atoms with E-state index in [4.69, 9.17) is 14.8 Å². The first kappa shape index (κ1) is 35.2. The lowest BCUT2D eigenvalue weighted by atomic mass is 9.45. The molecule has 6 nitrogen and oxygen atoms in total. The summed E-state index contributed by atoms with van der Waals surface area (Å²) >= 11 is 4.03. The average molecular weight is 755 g/mol. The number of hydrogen-bond donors (Lipinski definition) is 0. The first-order valence-electron chi connectivity index (χ1n) is 20.1. The predicted octanol–water partition coefficient (Wildman–Crippen LogP) is 11.1. The Kier molecular flexibility index (Phi) is 9.74. The van der Waals surface area contributed by atoms with Gasteiger partial charge in [-0.25, -0.2) is 18.3 Å². The molecule has 274 valence electrons. The summed E-state index contributed by atoms with van der Waals surface area (Å²) in [6, 6.07) is 0. The zero-order chi connectivity index (χ0) is 34.7. The van der Waals surface area contributed by atoms with Crippen molar-refractivity contribution in [3.8, 4) is 11.1 Å². The monoisotopic (exact) mass is 753 g/mol. The highest BCUT2D eigenvalue weighted by atomic mass is 79.9. The maximum Gasteiger partial charge on any atom is 0.248 e. The molecule has 0 radical (unpaired) electrons. The molecule has 3 heterocycles. The van der Waals surface area contributed by atoms with Gasteiger partial charge in [-0.1, -0.05) is 46.0 Å². The van der Waals surface area contributed by atoms with Crippen molar-refractivity contribution in [3.63, 3.8) is 0 Å². The van der Waals surface area contributed by atoms with Crippen molar-refractivity contribution < 1.29 is 13.5 Å². The Bertz CT molecular complexity index is 1670. The number of hydrogen-bond acceptors (Lipinski definition) is 4. The molecule has 0 amide bonds. The summed E-state index contributed by atoms with van der Waals surface area (Å²) in [5, 5.41) is 9.27. The highest BCUT2D eigenvalue weighted by molar-refractivity contribution is 9.10. The van der Waals surface area contributed by atoms with Gasteiger partial charge in [0.05, 0.1) is 34.4 Å².